The summed E-state index contributed by atoms with van der Waals surface area (Å²) in [5, 5.41) is 6.24. The summed E-state index contributed by atoms with van der Waals surface area (Å²) in [6.07, 6.45) is 0.911. The molecule has 114 valence electrons. The van der Waals surface area contributed by atoms with Crippen LogP contribution in [0.5, 0.6) is 0 Å². The summed E-state index contributed by atoms with van der Waals surface area (Å²) in [4.78, 5) is 23.3. The highest BCUT2D eigenvalue weighted by atomic mass is 32.1. The van der Waals surface area contributed by atoms with Gasteiger partial charge in [-0.2, -0.15) is 0 Å². The van der Waals surface area contributed by atoms with E-state index in [1.165, 1.54) is 32.4 Å². The molecule has 0 aliphatic heterocycles. The first-order chi connectivity index (χ1) is 10.0. The van der Waals surface area contributed by atoms with E-state index < -0.39 is 11.9 Å². The Balaban J connectivity index is 3.07. The molecule has 0 saturated heterocycles. The van der Waals surface area contributed by atoms with Crippen molar-refractivity contribution < 1.29 is 19.1 Å². The molecule has 0 fully saturated rings. The summed E-state index contributed by atoms with van der Waals surface area (Å²) < 4.78 is 9.36. The van der Waals surface area contributed by atoms with Gasteiger partial charge < -0.3 is 20.1 Å². The second-order valence-electron chi connectivity index (χ2n) is 4.12. The maximum atomic E-state index is 11.7. The van der Waals surface area contributed by atoms with Gasteiger partial charge in [-0.15, -0.1) is 0 Å². The molecule has 0 aromatic heterocycles. The minimum atomic E-state index is -0.521. The summed E-state index contributed by atoms with van der Waals surface area (Å²) in [6, 6.07) is 4.48. The van der Waals surface area contributed by atoms with Gasteiger partial charge in [0.25, 0.3) is 0 Å². The van der Waals surface area contributed by atoms with Crippen LogP contribution in [-0.2, 0) is 9.47 Å². The highest BCUT2D eigenvalue weighted by Crippen LogP contribution is 2.19. The topological polar surface area (TPSA) is 76.7 Å². The molecule has 0 saturated carbocycles. The van der Waals surface area contributed by atoms with Crippen LogP contribution in [0.4, 0.5) is 5.69 Å². The Morgan fingerprint density at radius 2 is 1.86 bits per heavy atom. The van der Waals surface area contributed by atoms with Crippen molar-refractivity contribution in [3.8, 4) is 0 Å². The zero-order valence-corrected chi connectivity index (χ0v) is 13.0. The average Bonchev–Trinajstić information content (AvgIpc) is 2.51. The zero-order chi connectivity index (χ0) is 15.8. The predicted molar refractivity (Wildman–Crippen MR) is 83.6 cm³/mol. The van der Waals surface area contributed by atoms with Crippen molar-refractivity contribution in [2.24, 2.45) is 0 Å². The van der Waals surface area contributed by atoms with E-state index in [-0.39, 0.29) is 5.56 Å². The van der Waals surface area contributed by atoms with E-state index in [0.29, 0.717) is 22.9 Å². The molecule has 0 heterocycles. The Morgan fingerprint density at radius 3 is 2.43 bits per heavy atom. The van der Waals surface area contributed by atoms with Crippen molar-refractivity contribution in [3.05, 3.63) is 29.3 Å². The molecule has 2 N–H and O–H groups in total. The maximum absolute atomic E-state index is 11.7. The summed E-state index contributed by atoms with van der Waals surface area (Å²) in [6.45, 7) is 2.71. The molecule has 1 rings (SSSR count). The van der Waals surface area contributed by atoms with Crippen molar-refractivity contribution in [3.63, 3.8) is 0 Å². The first kappa shape index (κ1) is 16.9. The Labute approximate surface area is 128 Å². The number of methoxy groups -OCH3 is 2. The number of rotatable bonds is 5. The highest BCUT2D eigenvalue weighted by Gasteiger charge is 2.16. The van der Waals surface area contributed by atoms with Crippen LogP contribution >= 0.6 is 12.2 Å². The van der Waals surface area contributed by atoms with E-state index in [2.05, 4.69) is 15.4 Å². The molecule has 0 atom stereocenters. The fourth-order valence-electron chi connectivity index (χ4n) is 1.59. The normalized spacial score (nSPS) is 9.67. The van der Waals surface area contributed by atoms with Gasteiger partial charge in [-0.25, -0.2) is 9.59 Å². The van der Waals surface area contributed by atoms with E-state index >= 15 is 0 Å². The SMILES string of the molecule is CCCNC(=S)Nc1cc(C(=O)OC)ccc1C(=O)OC. The van der Waals surface area contributed by atoms with E-state index in [4.69, 9.17) is 17.0 Å². The molecule has 0 amide bonds. The van der Waals surface area contributed by atoms with Gasteiger partial charge in [0.15, 0.2) is 5.11 Å². The standard InChI is InChI=1S/C14H18N2O4S/c1-4-7-15-14(21)16-11-8-9(12(17)19-2)5-6-10(11)13(18)20-3/h5-6,8H,4,7H2,1-3H3,(H2,15,16,21). The van der Waals surface area contributed by atoms with Gasteiger partial charge in [0.05, 0.1) is 31.0 Å². The molecule has 1 aromatic rings. The summed E-state index contributed by atoms with van der Waals surface area (Å²) in [5.74, 6) is -1.02. The lowest BCUT2D eigenvalue weighted by Gasteiger charge is -2.13. The number of anilines is 1. The Kier molecular flexibility index (Phi) is 6.61. The fourth-order valence-corrected chi connectivity index (χ4v) is 1.80. The highest BCUT2D eigenvalue weighted by molar-refractivity contribution is 7.80. The van der Waals surface area contributed by atoms with Crippen LogP contribution < -0.4 is 10.6 Å². The minimum Gasteiger partial charge on any atom is -0.465 e. The third-order valence-corrected chi connectivity index (χ3v) is 2.88. The number of nitrogens with one attached hydrogen (secondary N) is 2. The van der Waals surface area contributed by atoms with E-state index in [1.807, 2.05) is 6.92 Å². The summed E-state index contributed by atoms with van der Waals surface area (Å²) in [7, 11) is 2.57. The van der Waals surface area contributed by atoms with Crippen LogP contribution in [0.25, 0.3) is 0 Å². The molecule has 21 heavy (non-hydrogen) atoms. The molecule has 0 radical (unpaired) electrons. The molecule has 0 unspecified atom stereocenters. The number of hydrogen-bond donors (Lipinski definition) is 2. The first-order valence-electron chi connectivity index (χ1n) is 6.39. The molecule has 0 aliphatic carbocycles. The Bertz CT molecular complexity index is 546. The number of ether oxygens (including phenoxy) is 2. The van der Waals surface area contributed by atoms with Crippen molar-refractivity contribution in [1.29, 1.82) is 0 Å². The van der Waals surface area contributed by atoms with E-state index in [9.17, 15) is 9.59 Å². The van der Waals surface area contributed by atoms with E-state index in [0.717, 1.165) is 6.42 Å². The molecular weight excluding hydrogens is 292 g/mol. The number of thiocarbonyl (C=S) groups is 1. The average molecular weight is 310 g/mol. The first-order valence-corrected chi connectivity index (χ1v) is 6.79. The fraction of sp³-hybridized carbons (Fsp3) is 0.357. The second kappa shape index (κ2) is 8.21. The monoisotopic (exact) mass is 310 g/mol. The van der Waals surface area contributed by atoms with Gasteiger partial charge >= 0.3 is 11.9 Å². The van der Waals surface area contributed by atoms with Crippen molar-refractivity contribution in [1.82, 2.24) is 5.32 Å². The molecule has 0 aliphatic rings. The predicted octanol–water partition coefficient (Wildman–Crippen LogP) is 1.96. The second-order valence-corrected chi connectivity index (χ2v) is 4.53. The largest absolute Gasteiger partial charge is 0.465 e. The van der Waals surface area contributed by atoms with Gasteiger partial charge in [-0.1, -0.05) is 6.92 Å². The van der Waals surface area contributed by atoms with Gasteiger partial charge in [0.2, 0.25) is 0 Å². The smallest absolute Gasteiger partial charge is 0.339 e. The van der Waals surface area contributed by atoms with Gasteiger partial charge in [0, 0.05) is 6.54 Å². The molecule has 0 bridgehead atoms. The summed E-state index contributed by atoms with van der Waals surface area (Å²) >= 11 is 5.13. The van der Waals surface area contributed by atoms with Crippen LogP contribution in [0, 0.1) is 0 Å². The van der Waals surface area contributed by atoms with Crippen LogP contribution in [0.3, 0.4) is 0 Å². The summed E-state index contributed by atoms with van der Waals surface area (Å²) in [5.41, 5.74) is 0.982. The number of hydrogen-bond acceptors (Lipinski definition) is 5. The lowest BCUT2D eigenvalue weighted by molar-refractivity contribution is 0.0587. The van der Waals surface area contributed by atoms with Gasteiger partial charge in [0.1, 0.15) is 0 Å². The number of carbonyl (C=O) groups excluding carboxylic acids is 2. The van der Waals surface area contributed by atoms with Crippen LogP contribution in [0.2, 0.25) is 0 Å². The molecule has 6 nitrogen and oxygen atoms in total. The van der Waals surface area contributed by atoms with Gasteiger partial charge in [-0.05, 0) is 36.8 Å². The number of esters is 2. The third-order valence-electron chi connectivity index (χ3n) is 2.63. The zero-order valence-electron chi connectivity index (χ0n) is 12.2. The molecular formula is C14H18N2O4S. The van der Waals surface area contributed by atoms with Crippen molar-refractivity contribution in [2.75, 3.05) is 26.1 Å². The third kappa shape index (κ3) is 4.71. The van der Waals surface area contributed by atoms with Crippen LogP contribution in [-0.4, -0.2) is 37.8 Å². The Hall–Kier alpha value is -2.15. The number of benzene rings is 1. The van der Waals surface area contributed by atoms with Crippen molar-refractivity contribution in [2.45, 2.75) is 13.3 Å². The lowest BCUT2D eigenvalue weighted by atomic mass is 10.1. The van der Waals surface area contributed by atoms with Crippen molar-refractivity contribution >= 4 is 35.0 Å². The van der Waals surface area contributed by atoms with E-state index in [1.54, 1.807) is 0 Å². The van der Waals surface area contributed by atoms with Crippen LogP contribution in [0.1, 0.15) is 34.1 Å². The lowest BCUT2D eigenvalue weighted by Crippen LogP contribution is -2.29. The Morgan fingerprint density at radius 1 is 1.19 bits per heavy atom. The van der Waals surface area contributed by atoms with Gasteiger partial charge in [-0.3, -0.25) is 0 Å². The number of carbonyl (C=O) groups is 2. The molecule has 0 spiro atoms. The molecule has 1 aromatic carbocycles. The molecule has 7 heteroatoms. The quantitative estimate of drug-likeness (QED) is 0.636. The minimum absolute atomic E-state index is 0.283. The van der Waals surface area contributed by atoms with Crippen LogP contribution in [0.15, 0.2) is 18.2 Å². The maximum Gasteiger partial charge on any atom is 0.339 e.